The summed E-state index contributed by atoms with van der Waals surface area (Å²) < 4.78 is 0. The number of aldehydes is 1. The van der Waals surface area contributed by atoms with E-state index in [9.17, 15) is 9.90 Å². The summed E-state index contributed by atoms with van der Waals surface area (Å²) in [6.45, 7) is 4.82. The van der Waals surface area contributed by atoms with E-state index in [0.717, 1.165) is 43.4 Å². The van der Waals surface area contributed by atoms with E-state index in [1.807, 2.05) is 6.92 Å². The number of nitrogens with one attached hydrogen (secondary N) is 1. The molecule has 0 fully saturated rings. The maximum absolute atomic E-state index is 11.0. The Morgan fingerprint density at radius 3 is 2.79 bits per heavy atom. The third-order valence-corrected chi connectivity index (χ3v) is 3.91. The first-order chi connectivity index (χ1) is 11.5. The summed E-state index contributed by atoms with van der Waals surface area (Å²) in [5, 5.41) is 13.4. The number of nitrogen functional groups attached to an aromatic ring is 1. The Bertz CT molecular complexity index is 716. The monoisotopic (exact) mass is 328 g/mol. The van der Waals surface area contributed by atoms with Crippen molar-refractivity contribution in [3.05, 3.63) is 40.6 Å². The minimum absolute atomic E-state index is 0.147. The van der Waals surface area contributed by atoms with Gasteiger partial charge >= 0.3 is 0 Å². The molecule has 0 aliphatic rings. The first-order valence-corrected chi connectivity index (χ1v) is 8.19. The van der Waals surface area contributed by atoms with Crippen LogP contribution in [0, 0.1) is 6.92 Å². The number of hydrogen-bond donors (Lipinski definition) is 3. The summed E-state index contributed by atoms with van der Waals surface area (Å²) in [6.07, 6.45) is 4.52. The number of unbranched alkanes of at least 4 members (excludes halogenated alkanes) is 2. The summed E-state index contributed by atoms with van der Waals surface area (Å²) in [5.41, 5.74) is 8.59. The van der Waals surface area contributed by atoms with E-state index >= 15 is 0 Å². The molecule has 0 aliphatic carbocycles. The first kappa shape index (κ1) is 17.7. The van der Waals surface area contributed by atoms with Crippen LogP contribution in [0.2, 0.25) is 0 Å². The number of aromatic hydroxyl groups is 1. The zero-order chi connectivity index (χ0) is 17.5. The molecule has 1 aromatic carbocycles. The molecule has 0 amide bonds. The molecule has 0 saturated carbocycles. The Kier molecular flexibility index (Phi) is 6.12. The summed E-state index contributed by atoms with van der Waals surface area (Å²) in [6, 6.07) is 4.79. The minimum atomic E-state index is 0.147. The normalized spacial score (nSPS) is 10.6. The number of aryl methyl sites for hydroxylation is 1. The number of nitrogens with two attached hydrogens (primary N) is 1. The fourth-order valence-electron chi connectivity index (χ4n) is 2.57. The fraction of sp³-hybridized carbons (Fsp3) is 0.389. The van der Waals surface area contributed by atoms with Crippen molar-refractivity contribution in [3.8, 4) is 5.75 Å². The second-order valence-electron chi connectivity index (χ2n) is 5.81. The van der Waals surface area contributed by atoms with Crippen LogP contribution in [0.15, 0.2) is 18.2 Å². The van der Waals surface area contributed by atoms with Crippen LogP contribution in [0.25, 0.3) is 0 Å². The zero-order valence-electron chi connectivity index (χ0n) is 14.2. The number of hydrogen-bond acceptors (Lipinski definition) is 6. The third-order valence-electron chi connectivity index (χ3n) is 3.91. The van der Waals surface area contributed by atoms with Gasteiger partial charge in [-0.2, -0.15) is 4.98 Å². The molecule has 0 unspecified atom stereocenters. The topological polar surface area (TPSA) is 101 Å². The van der Waals surface area contributed by atoms with Gasteiger partial charge in [-0.25, -0.2) is 4.98 Å². The third kappa shape index (κ3) is 4.44. The van der Waals surface area contributed by atoms with E-state index < -0.39 is 0 Å². The van der Waals surface area contributed by atoms with E-state index in [2.05, 4.69) is 22.2 Å². The van der Waals surface area contributed by atoms with E-state index in [1.54, 1.807) is 12.1 Å². The Labute approximate surface area is 142 Å². The molecule has 0 radical (unpaired) electrons. The van der Waals surface area contributed by atoms with E-state index in [1.165, 1.54) is 6.07 Å². The van der Waals surface area contributed by atoms with Gasteiger partial charge in [0.05, 0.1) is 0 Å². The number of phenols is 1. The number of carbonyl (C=O) groups is 1. The number of nitrogens with zero attached hydrogens (tertiary/aromatic N) is 2. The Balaban J connectivity index is 2.29. The van der Waals surface area contributed by atoms with Crippen LogP contribution in [-0.4, -0.2) is 27.9 Å². The highest BCUT2D eigenvalue weighted by Gasteiger charge is 2.13. The number of anilines is 2. The molecule has 6 heteroatoms. The van der Waals surface area contributed by atoms with Gasteiger partial charge in [0.15, 0.2) is 0 Å². The van der Waals surface area contributed by atoms with Gasteiger partial charge < -0.3 is 16.2 Å². The Morgan fingerprint density at radius 1 is 1.29 bits per heavy atom. The van der Waals surface area contributed by atoms with Gasteiger partial charge in [-0.1, -0.05) is 19.8 Å². The lowest BCUT2D eigenvalue weighted by molar-refractivity contribution is 0.112. The highest BCUT2D eigenvalue weighted by Crippen LogP contribution is 2.26. The summed E-state index contributed by atoms with van der Waals surface area (Å²) >= 11 is 0. The van der Waals surface area contributed by atoms with Crippen molar-refractivity contribution < 1.29 is 9.90 Å². The molecule has 1 heterocycles. The van der Waals surface area contributed by atoms with Crippen molar-refractivity contribution >= 4 is 18.1 Å². The average molecular weight is 328 g/mol. The van der Waals surface area contributed by atoms with Crippen LogP contribution in [-0.2, 0) is 6.42 Å². The molecule has 4 N–H and O–H groups in total. The van der Waals surface area contributed by atoms with E-state index in [0.29, 0.717) is 23.4 Å². The number of phenolic OH excluding ortho intramolecular Hbond substituents is 1. The fourth-order valence-corrected chi connectivity index (χ4v) is 2.57. The molecule has 2 rings (SSSR count). The van der Waals surface area contributed by atoms with Gasteiger partial charge in [-0.15, -0.1) is 0 Å². The van der Waals surface area contributed by atoms with Gasteiger partial charge in [-0.3, -0.25) is 4.79 Å². The Hall–Kier alpha value is -2.63. The SMILES string of the molecule is CCCCCNc1nc(N)nc(C)c1Cc1cc(C=O)ccc1O. The smallest absolute Gasteiger partial charge is 0.222 e. The van der Waals surface area contributed by atoms with Gasteiger partial charge in [0.2, 0.25) is 5.95 Å². The van der Waals surface area contributed by atoms with Gasteiger partial charge in [0, 0.05) is 29.8 Å². The number of carbonyl (C=O) groups excluding carboxylic acids is 1. The minimum Gasteiger partial charge on any atom is -0.508 e. The van der Waals surface area contributed by atoms with Crippen LogP contribution in [0.4, 0.5) is 11.8 Å². The molecule has 0 saturated heterocycles. The Morgan fingerprint density at radius 2 is 2.08 bits per heavy atom. The lowest BCUT2D eigenvalue weighted by atomic mass is 10.0. The average Bonchev–Trinajstić information content (AvgIpc) is 2.56. The second-order valence-corrected chi connectivity index (χ2v) is 5.81. The molecular formula is C18H24N4O2. The summed E-state index contributed by atoms with van der Waals surface area (Å²) in [4.78, 5) is 19.5. The van der Waals surface area contributed by atoms with Crippen LogP contribution in [0.3, 0.4) is 0 Å². The van der Waals surface area contributed by atoms with Crippen molar-refractivity contribution in [2.45, 2.75) is 39.5 Å². The van der Waals surface area contributed by atoms with Crippen LogP contribution >= 0.6 is 0 Å². The lowest BCUT2D eigenvalue weighted by Gasteiger charge is -2.15. The van der Waals surface area contributed by atoms with Crippen molar-refractivity contribution in [1.29, 1.82) is 0 Å². The van der Waals surface area contributed by atoms with Crippen molar-refractivity contribution in [1.82, 2.24) is 9.97 Å². The highest BCUT2D eigenvalue weighted by atomic mass is 16.3. The van der Waals surface area contributed by atoms with Gasteiger partial charge in [-0.05, 0) is 37.1 Å². The first-order valence-electron chi connectivity index (χ1n) is 8.19. The molecule has 0 spiro atoms. The quantitative estimate of drug-likeness (QED) is 0.508. The maximum atomic E-state index is 11.0. The highest BCUT2D eigenvalue weighted by molar-refractivity contribution is 5.75. The standard InChI is InChI=1S/C18H24N4O2/c1-3-4-5-8-20-17-15(12(2)21-18(19)22-17)10-14-9-13(11-23)6-7-16(14)24/h6-7,9,11,24H,3-5,8,10H2,1-2H3,(H3,19,20,21,22). The largest absolute Gasteiger partial charge is 0.508 e. The number of benzene rings is 1. The second kappa shape index (κ2) is 8.29. The predicted molar refractivity (Wildman–Crippen MR) is 95.5 cm³/mol. The summed E-state index contributed by atoms with van der Waals surface area (Å²) in [5.74, 6) is 1.06. The predicted octanol–water partition coefficient (Wildman–Crippen LogP) is 3.08. The van der Waals surface area contributed by atoms with E-state index in [4.69, 9.17) is 5.73 Å². The van der Waals surface area contributed by atoms with Crippen molar-refractivity contribution in [2.75, 3.05) is 17.6 Å². The van der Waals surface area contributed by atoms with Crippen molar-refractivity contribution in [2.24, 2.45) is 0 Å². The maximum Gasteiger partial charge on any atom is 0.222 e. The molecule has 24 heavy (non-hydrogen) atoms. The molecule has 128 valence electrons. The van der Waals surface area contributed by atoms with Crippen LogP contribution in [0.5, 0.6) is 5.75 Å². The van der Waals surface area contributed by atoms with Crippen LogP contribution in [0.1, 0.15) is 53.4 Å². The van der Waals surface area contributed by atoms with Gasteiger partial charge in [0.1, 0.15) is 17.9 Å². The lowest BCUT2D eigenvalue weighted by Crippen LogP contribution is -2.11. The number of aromatic nitrogens is 2. The zero-order valence-corrected chi connectivity index (χ0v) is 14.2. The van der Waals surface area contributed by atoms with Crippen LogP contribution < -0.4 is 11.1 Å². The van der Waals surface area contributed by atoms with Crippen molar-refractivity contribution in [3.63, 3.8) is 0 Å². The van der Waals surface area contributed by atoms with Gasteiger partial charge in [0.25, 0.3) is 0 Å². The molecular weight excluding hydrogens is 304 g/mol. The molecule has 0 bridgehead atoms. The van der Waals surface area contributed by atoms with E-state index in [-0.39, 0.29) is 11.7 Å². The number of rotatable bonds is 8. The molecule has 0 atom stereocenters. The molecule has 6 nitrogen and oxygen atoms in total. The summed E-state index contributed by atoms with van der Waals surface area (Å²) in [7, 11) is 0. The molecule has 0 aliphatic heterocycles. The molecule has 1 aromatic heterocycles. The molecule has 2 aromatic rings.